The van der Waals surface area contributed by atoms with Crippen LogP contribution in [0.15, 0.2) is 42.5 Å². The molecule has 0 unspecified atom stereocenters. The Morgan fingerprint density at radius 2 is 2.05 bits per heavy atom. The van der Waals surface area contributed by atoms with Gasteiger partial charge >= 0.3 is 0 Å². The summed E-state index contributed by atoms with van der Waals surface area (Å²) >= 11 is 0. The van der Waals surface area contributed by atoms with Gasteiger partial charge in [0.1, 0.15) is 11.5 Å². The average Bonchev–Trinajstić information content (AvgIpc) is 2.97. The Morgan fingerprint density at radius 1 is 1.20 bits per heavy atom. The van der Waals surface area contributed by atoms with Gasteiger partial charge < -0.3 is 14.8 Å². The van der Waals surface area contributed by atoms with Crippen molar-refractivity contribution in [2.75, 3.05) is 12.4 Å². The molecule has 2 aliphatic rings. The molecule has 102 valence electrons. The van der Waals surface area contributed by atoms with Crippen LogP contribution in [0.2, 0.25) is 0 Å². The highest BCUT2D eigenvalue weighted by atomic mass is 16.5. The minimum atomic E-state index is -0.111. The summed E-state index contributed by atoms with van der Waals surface area (Å²) in [5.41, 5.74) is 3.61. The molecule has 3 heteroatoms. The Kier molecular flexibility index (Phi) is 2.28. The van der Waals surface area contributed by atoms with Crippen LogP contribution in [0.4, 0.5) is 5.69 Å². The highest BCUT2D eigenvalue weighted by molar-refractivity contribution is 5.69. The van der Waals surface area contributed by atoms with Gasteiger partial charge in [0.2, 0.25) is 0 Å². The SMILES string of the molecule is CC[C@@]12c3ccccc3N[C@@H]1Oc1ccc(OC)cc12. The topological polar surface area (TPSA) is 30.5 Å². The van der Waals surface area contributed by atoms with Crippen molar-refractivity contribution in [3.63, 3.8) is 0 Å². The van der Waals surface area contributed by atoms with Crippen LogP contribution in [0.25, 0.3) is 0 Å². The van der Waals surface area contributed by atoms with E-state index < -0.39 is 0 Å². The third-order valence-corrected chi connectivity index (χ3v) is 4.61. The maximum Gasteiger partial charge on any atom is 0.184 e. The molecule has 0 aliphatic carbocycles. The number of rotatable bonds is 2. The Bertz CT molecular complexity index is 682. The molecular weight excluding hydrogens is 250 g/mol. The lowest BCUT2D eigenvalue weighted by atomic mass is 9.74. The van der Waals surface area contributed by atoms with E-state index in [0.29, 0.717) is 0 Å². The Labute approximate surface area is 118 Å². The lowest BCUT2D eigenvalue weighted by molar-refractivity contribution is 0.204. The monoisotopic (exact) mass is 267 g/mol. The Balaban J connectivity index is 1.98. The van der Waals surface area contributed by atoms with Gasteiger partial charge in [-0.1, -0.05) is 25.1 Å². The van der Waals surface area contributed by atoms with Crippen molar-refractivity contribution in [3.8, 4) is 11.5 Å². The second kappa shape index (κ2) is 3.92. The summed E-state index contributed by atoms with van der Waals surface area (Å²) in [6, 6.07) is 14.5. The fourth-order valence-electron chi connectivity index (χ4n) is 3.60. The van der Waals surface area contributed by atoms with Crippen LogP contribution in [0.5, 0.6) is 11.5 Å². The van der Waals surface area contributed by atoms with Gasteiger partial charge in [0.05, 0.1) is 12.5 Å². The number of nitrogens with one attached hydrogen (secondary N) is 1. The molecule has 0 aromatic heterocycles. The smallest absolute Gasteiger partial charge is 0.184 e. The molecular formula is C17H17NO2. The molecule has 2 aromatic rings. The molecule has 1 N–H and O–H groups in total. The number of para-hydroxylation sites is 1. The standard InChI is InChI=1S/C17H17NO2/c1-3-17-12-6-4-5-7-14(12)18-16(17)20-15-9-8-11(19-2)10-13(15)17/h4-10,16,18H,3H2,1-2H3/t16-,17+/m1/s1. The summed E-state index contributed by atoms with van der Waals surface area (Å²) in [6.07, 6.45) is 0.967. The molecule has 0 saturated heterocycles. The largest absolute Gasteiger partial charge is 0.497 e. The van der Waals surface area contributed by atoms with Crippen LogP contribution in [-0.4, -0.2) is 13.3 Å². The van der Waals surface area contributed by atoms with E-state index in [2.05, 4.69) is 42.6 Å². The fourth-order valence-corrected chi connectivity index (χ4v) is 3.60. The Morgan fingerprint density at radius 3 is 2.85 bits per heavy atom. The van der Waals surface area contributed by atoms with Crippen molar-refractivity contribution >= 4 is 5.69 Å². The zero-order chi connectivity index (χ0) is 13.7. The molecule has 0 radical (unpaired) electrons. The molecule has 2 aliphatic heterocycles. The maximum absolute atomic E-state index is 6.14. The predicted molar refractivity (Wildman–Crippen MR) is 78.5 cm³/mol. The van der Waals surface area contributed by atoms with Crippen LogP contribution in [0.3, 0.4) is 0 Å². The van der Waals surface area contributed by atoms with Gasteiger partial charge in [-0.3, -0.25) is 0 Å². The first kappa shape index (κ1) is 11.6. The molecule has 0 spiro atoms. The van der Waals surface area contributed by atoms with Gasteiger partial charge in [0.15, 0.2) is 6.23 Å². The minimum Gasteiger partial charge on any atom is -0.497 e. The van der Waals surface area contributed by atoms with Gasteiger partial charge in [0.25, 0.3) is 0 Å². The highest BCUT2D eigenvalue weighted by Crippen LogP contribution is 2.55. The van der Waals surface area contributed by atoms with Crippen LogP contribution < -0.4 is 14.8 Å². The first-order valence-electron chi connectivity index (χ1n) is 7.01. The summed E-state index contributed by atoms with van der Waals surface area (Å²) in [4.78, 5) is 0. The number of hydrogen-bond acceptors (Lipinski definition) is 3. The number of methoxy groups -OCH3 is 1. The van der Waals surface area contributed by atoms with Crippen molar-refractivity contribution in [2.24, 2.45) is 0 Å². The molecule has 2 atom stereocenters. The third-order valence-electron chi connectivity index (χ3n) is 4.61. The maximum atomic E-state index is 6.14. The lowest BCUT2D eigenvalue weighted by Gasteiger charge is -2.27. The number of fused-ring (bicyclic) bond motifs is 5. The zero-order valence-electron chi connectivity index (χ0n) is 11.6. The van der Waals surface area contributed by atoms with E-state index in [0.717, 1.165) is 17.9 Å². The first-order chi connectivity index (χ1) is 9.79. The summed E-state index contributed by atoms with van der Waals surface area (Å²) in [5, 5.41) is 3.51. The molecule has 3 nitrogen and oxygen atoms in total. The quantitative estimate of drug-likeness (QED) is 0.902. The molecule has 0 amide bonds. The summed E-state index contributed by atoms with van der Waals surface area (Å²) in [5.74, 6) is 1.84. The van der Waals surface area contributed by atoms with Crippen LogP contribution in [0, 0.1) is 0 Å². The summed E-state index contributed by atoms with van der Waals surface area (Å²) < 4.78 is 11.5. The molecule has 0 saturated carbocycles. The van der Waals surface area contributed by atoms with Gasteiger partial charge in [0, 0.05) is 11.3 Å². The molecule has 0 bridgehead atoms. The molecule has 0 fully saturated rings. The van der Waals surface area contributed by atoms with Crippen molar-refractivity contribution in [2.45, 2.75) is 25.0 Å². The summed E-state index contributed by atoms with van der Waals surface area (Å²) in [7, 11) is 1.70. The fraction of sp³-hybridized carbons (Fsp3) is 0.294. The lowest BCUT2D eigenvalue weighted by Crippen LogP contribution is -2.38. The van der Waals surface area contributed by atoms with E-state index in [1.54, 1.807) is 7.11 Å². The third kappa shape index (κ3) is 1.25. The number of benzene rings is 2. The van der Waals surface area contributed by atoms with Gasteiger partial charge in [-0.2, -0.15) is 0 Å². The highest BCUT2D eigenvalue weighted by Gasteiger charge is 2.54. The van der Waals surface area contributed by atoms with Crippen LogP contribution in [0.1, 0.15) is 24.5 Å². The number of anilines is 1. The van der Waals surface area contributed by atoms with Crippen molar-refractivity contribution in [1.82, 2.24) is 0 Å². The van der Waals surface area contributed by atoms with Crippen molar-refractivity contribution in [1.29, 1.82) is 0 Å². The Hall–Kier alpha value is -2.16. The molecule has 20 heavy (non-hydrogen) atoms. The summed E-state index contributed by atoms with van der Waals surface area (Å²) in [6.45, 7) is 2.22. The van der Waals surface area contributed by atoms with Gasteiger partial charge in [-0.25, -0.2) is 0 Å². The van der Waals surface area contributed by atoms with Crippen LogP contribution in [-0.2, 0) is 5.41 Å². The van der Waals surface area contributed by atoms with E-state index in [9.17, 15) is 0 Å². The van der Waals surface area contributed by atoms with E-state index >= 15 is 0 Å². The molecule has 4 rings (SSSR count). The predicted octanol–water partition coefficient (Wildman–Crippen LogP) is 3.54. The van der Waals surface area contributed by atoms with E-state index in [-0.39, 0.29) is 11.6 Å². The second-order valence-electron chi connectivity index (χ2n) is 5.37. The normalized spacial score (nSPS) is 25.2. The van der Waals surface area contributed by atoms with Gasteiger partial charge in [-0.15, -0.1) is 0 Å². The minimum absolute atomic E-state index is 0.0213. The molecule has 2 heterocycles. The van der Waals surface area contributed by atoms with Gasteiger partial charge in [-0.05, 0) is 36.2 Å². The second-order valence-corrected chi connectivity index (χ2v) is 5.37. The first-order valence-corrected chi connectivity index (χ1v) is 7.01. The van der Waals surface area contributed by atoms with Crippen LogP contribution >= 0.6 is 0 Å². The zero-order valence-corrected chi connectivity index (χ0v) is 11.6. The molecule has 2 aromatic carbocycles. The van der Waals surface area contributed by atoms with Crippen molar-refractivity contribution in [3.05, 3.63) is 53.6 Å². The van der Waals surface area contributed by atoms with Crippen molar-refractivity contribution < 1.29 is 9.47 Å². The number of ether oxygens (including phenoxy) is 2. The van der Waals surface area contributed by atoms with E-state index in [4.69, 9.17) is 9.47 Å². The average molecular weight is 267 g/mol. The number of hydrogen-bond donors (Lipinski definition) is 1. The van der Waals surface area contributed by atoms with E-state index in [1.165, 1.54) is 16.8 Å². The van der Waals surface area contributed by atoms with E-state index in [1.807, 2.05) is 12.1 Å².